The Morgan fingerprint density at radius 1 is 1.62 bits per heavy atom. The molecule has 0 amide bonds. The Kier molecular flexibility index (Phi) is 3.71. The van der Waals surface area contributed by atoms with Crippen LogP contribution in [0.15, 0.2) is 0 Å². The number of nitrogens with zero attached hydrogens (tertiary/aromatic N) is 2. The van der Waals surface area contributed by atoms with Gasteiger partial charge in [0.25, 0.3) is 0 Å². The number of likely N-dealkylation sites (tertiary alicyclic amines) is 1. The summed E-state index contributed by atoms with van der Waals surface area (Å²) in [5, 5.41) is 18.3. The highest BCUT2D eigenvalue weighted by molar-refractivity contribution is 4.87. The summed E-state index contributed by atoms with van der Waals surface area (Å²) in [7, 11) is 0. The first-order valence-electron chi connectivity index (χ1n) is 4.97. The molecule has 74 valence electrons. The molecule has 3 atom stereocenters. The lowest BCUT2D eigenvalue weighted by Gasteiger charge is -2.15. The number of β-amino-alcohol motifs (C(OH)–C–C–N with tert-alkyl or cyclic N) is 1. The molecule has 3 unspecified atom stereocenters. The fourth-order valence-electron chi connectivity index (χ4n) is 1.92. The molecule has 0 aromatic heterocycles. The van der Waals surface area contributed by atoms with Crippen LogP contribution in [0.3, 0.4) is 0 Å². The van der Waals surface area contributed by atoms with Crippen molar-refractivity contribution in [1.82, 2.24) is 4.90 Å². The van der Waals surface area contributed by atoms with E-state index in [0.29, 0.717) is 5.92 Å². The molecule has 0 radical (unpaired) electrons. The second-order valence-corrected chi connectivity index (χ2v) is 3.98. The highest BCUT2D eigenvalue weighted by Gasteiger charge is 2.30. The van der Waals surface area contributed by atoms with Crippen molar-refractivity contribution in [3.63, 3.8) is 0 Å². The third-order valence-corrected chi connectivity index (χ3v) is 2.76. The van der Waals surface area contributed by atoms with Crippen LogP contribution in [0, 0.1) is 23.2 Å². The zero-order valence-corrected chi connectivity index (χ0v) is 8.40. The number of rotatable bonds is 3. The average Bonchev–Trinajstić information content (AvgIpc) is 2.46. The Morgan fingerprint density at radius 3 is 2.77 bits per heavy atom. The Labute approximate surface area is 80.0 Å². The van der Waals surface area contributed by atoms with Gasteiger partial charge in [0.15, 0.2) is 0 Å². The van der Waals surface area contributed by atoms with Crippen LogP contribution in [0.5, 0.6) is 0 Å². The number of aliphatic hydroxyl groups is 1. The molecule has 0 bridgehead atoms. The van der Waals surface area contributed by atoms with Gasteiger partial charge in [0.2, 0.25) is 0 Å². The van der Waals surface area contributed by atoms with Crippen LogP contribution >= 0.6 is 0 Å². The molecular formula is C10H18N2O. The molecule has 0 spiro atoms. The molecule has 1 aliphatic rings. The van der Waals surface area contributed by atoms with Gasteiger partial charge in [-0.05, 0) is 19.3 Å². The van der Waals surface area contributed by atoms with Crippen molar-refractivity contribution in [2.24, 2.45) is 11.8 Å². The van der Waals surface area contributed by atoms with Gasteiger partial charge in [0.1, 0.15) is 0 Å². The summed E-state index contributed by atoms with van der Waals surface area (Å²) in [4.78, 5) is 2.19. The van der Waals surface area contributed by atoms with Crippen molar-refractivity contribution in [1.29, 1.82) is 5.26 Å². The molecule has 0 saturated carbocycles. The lowest BCUT2D eigenvalue weighted by atomic mass is 10.0. The maximum Gasteiger partial charge on any atom is 0.0707 e. The van der Waals surface area contributed by atoms with Gasteiger partial charge in [-0.1, -0.05) is 6.92 Å². The van der Waals surface area contributed by atoms with Crippen LogP contribution in [0.2, 0.25) is 0 Å². The van der Waals surface area contributed by atoms with Gasteiger partial charge in [-0.15, -0.1) is 0 Å². The molecule has 13 heavy (non-hydrogen) atoms. The van der Waals surface area contributed by atoms with E-state index >= 15 is 0 Å². The highest BCUT2D eigenvalue weighted by Crippen LogP contribution is 2.20. The predicted molar refractivity (Wildman–Crippen MR) is 51.0 cm³/mol. The van der Waals surface area contributed by atoms with E-state index in [1.165, 1.54) is 0 Å². The van der Waals surface area contributed by atoms with Crippen LogP contribution in [0.4, 0.5) is 0 Å². The lowest BCUT2D eigenvalue weighted by Crippen LogP contribution is -2.26. The van der Waals surface area contributed by atoms with Crippen LogP contribution < -0.4 is 0 Å². The predicted octanol–water partition coefficient (Wildman–Crippen LogP) is 0.849. The molecular weight excluding hydrogens is 164 g/mol. The highest BCUT2D eigenvalue weighted by atomic mass is 16.3. The van der Waals surface area contributed by atoms with Gasteiger partial charge in [0.05, 0.1) is 18.1 Å². The minimum atomic E-state index is -0.184. The molecule has 0 aromatic rings. The van der Waals surface area contributed by atoms with Gasteiger partial charge in [-0.25, -0.2) is 0 Å². The van der Waals surface area contributed by atoms with Crippen molar-refractivity contribution >= 4 is 0 Å². The first-order chi connectivity index (χ1) is 6.17. The molecule has 1 N–H and O–H groups in total. The standard InChI is InChI=1S/C10H18N2O/c1-3-9-6-12(7-10(9)13)5-8(2)4-11/h8-10,13H,3,5-7H2,1-2H3. The van der Waals surface area contributed by atoms with Gasteiger partial charge in [-0.2, -0.15) is 5.26 Å². The summed E-state index contributed by atoms with van der Waals surface area (Å²) < 4.78 is 0. The molecule has 3 nitrogen and oxygen atoms in total. The van der Waals surface area contributed by atoms with E-state index in [1.54, 1.807) is 0 Å². The zero-order valence-electron chi connectivity index (χ0n) is 8.40. The molecule has 1 rings (SSSR count). The van der Waals surface area contributed by atoms with E-state index in [2.05, 4.69) is 17.9 Å². The zero-order chi connectivity index (χ0) is 9.84. The third kappa shape index (κ3) is 2.68. The number of hydrogen-bond donors (Lipinski definition) is 1. The van der Waals surface area contributed by atoms with Crippen LogP contribution in [0.1, 0.15) is 20.3 Å². The fourth-order valence-corrected chi connectivity index (χ4v) is 1.92. The van der Waals surface area contributed by atoms with Crippen LogP contribution in [-0.2, 0) is 0 Å². The van der Waals surface area contributed by atoms with E-state index in [0.717, 1.165) is 26.1 Å². The SMILES string of the molecule is CCC1CN(CC(C)C#N)CC1O. The summed E-state index contributed by atoms with van der Waals surface area (Å²) in [6.07, 6.45) is 0.842. The summed E-state index contributed by atoms with van der Waals surface area (Å²) in [5.41, 5.74) is 0. The Bertz CT molecular complexity index is 200. The quantitative estimate of drug-likeness (QED) is 0.704. The number of nitriles is 1. The minimum absolute atomic E-state index is 0.0720. The van der Waals surface area contributed by atoms with Gasteiger partial charge < -0.3 is 5.11 Å². The molecule has 1 aliphatic heterocycles. The van der Waals surface area contributed by atoms with Crippen molar-refractivity contribution in [3.05, 3.63) is 0 Å². The molecule has 1 fully saturated rings. The van der Waals surface area contributed by atoms with E-state index in [9.17, 15) is 5.11 Å². The van der Waals surface area contributed by atoms with E-state index in [1.807, 2.05) is 6.92 Å². The Morgan fingerprint density at radius 2 is 2.31 bits per heavy atom. The van der Waals surface area contributed by atoms with Crippen molar-refractivity contribution < 1.29 is 5.11 Å². The van der Waals surface area contributed by atoms with Gasteiger partial charge in [-0.3, -0.25) is 4.90 Å². The molecule has 0 aliphatic carbocycles. The first-order valence-corrected chi connectivity index (χ1v) is 4.97. The molecule has 3 heteroatoms. The third-order valence-electron chi connectivity index (χ3n) is 2.76. The summed E-state index contributed by atoms with van der Waals surface area (Å²) >= 11 is 0. The summed E-state index contributed by atoms with van der Waals surface area (Å²) in [6.45, 7) is 6.51. The van der Waals surface area contributed by atoms with Gasteiger partial charge in [0, 0.05) is 19.6 Å². The number of aliphatic hydroxyl groups excluding tert-OH is 1. The lowest BCUT2D eigenvalue weighted by molar-refractivity contribution is 0.139. The minimum Gasteiger partial charge on any atom is -0.391 e. The number of hydrogen-bond acceptors (Lipinski definition) is 3. The normalized spacial score (nSPS) is 31.5. The van der Waals surface area contributed by atoms with E-state index < -0.39 is 0 Å². The second-order valence-electron chi connectivity index (χ2n) is 3.98. The van der Waals surface area contributed by atoms with Crippen molar-refractivity contribution in [2.75, 3.05) is 19.6 Å². The second kappa shape index (κ2) is 4.59. The maximum atomic E-state index is 9.62. The van der Waals surface area contributed by atoms with Crippen molar-refractivity contribution in [3.8, 4) is 6.07 Å². The molecule has 1 heterocycles. The van der Waals surface area contributed by atoms with Crippen LogP contribution in [0.25, 0.3) is 0 Å². The smallest absolute Gasteiger partial charge is 0.0707 e. The molecule has 0 aromatic carbocycles. The van der Waals surface area contributed by atoms with Crippen molar-refractivity contribution in [2.45, 2.75) is 26.4 Å². The van der Waals surface area contributed by atoms with E-state index in [-0.39, 0.29) is 12.0 Å². The average molecular weight is 182 g/mol. The van der Waals surface area contributed by atoms with Crippen LogP contribution in [-0.4, -0.2) is 35.7 Å². The fraction of sp³-hybridized carbons (Fsp3) is 0.900. The first kappa shape index (κ1) is 10.5. The topological polar surface area (TPSA) is 47.3 Å². The monoisotopic (exact) mass is 182 g/mol. The summed E-state index contributed by atoms with van der Waals surface area (Å²) in [5.74, 6) is 0.480. The summed E-state index contributed by atoms with van der Waals surface area (Å²) in [6, 6.07) is 2.22. The molecule has 1 saturated heterocycles. The Balaban J connectivity index is 2.36. The van der Waals surface area contributed by atoms with E-state index in [4.69, 9.17) is 5.26 Å². The van der Waals surface area contributed by atoms with Gasteiger partial charge >= 0.3 is 0 Å². The largest absolute Gasteiger partial charge is 0.391 e. The maximum absolute atomic E-state index is 9.62. The Hall–Kier alpha value is -0.590.